The molecule has 8 nitrogen and oxygen atoms in total. The second-order valence-corrected chi connectivity index (χ2v) is 9.88. The first kappa shape index (κ1) is 27.8. The molecule has 0 aliphatic carbocycles. The number of carbonyl (C=O) groups excluding carboxylic acids is 3. The van der Waals surface area contributed by atoms with Crippen LogP contribution in [0.3, 0.4) is 0 Å². The van der Waals surface area contributed by atoms with Crippen molar-refractivity contribution >= 4 is 40.0 Å². The van der Waals surface area contributed by atoms with E-state index in [2.05, 4.69) is 4.98 Å². The van der Waals surface area contributed by atoms with Crippen LogP contribution in [0.4, 0.5) is 5.13 Å². The van der Waals surface area contributed by atoms with E-state index in [4.69, 9.17) is 9.47 Å². The number of thiazole rings is 1. The number of anilines is 1. The van der Waals surface area contributed by atoms with E-state index in [1.807, 2.05) is 44.2 Å². The number of aryl methyl sites for hydroxylation is 1. The van der Waals surface area contributed by atoms with E-state index in [1.54, 1.807) is 31.2 Å². The number of rotatable bonds is 11. The van der Waals surface area contributed by atoms with Gasteiger partial charge in [-0.3, -0.25) is 19.3 Å². The first-order valence-electron chi connectivity index (χ1n) is 12.7. The minimum absolute atomic E-state index is 0.0888. The fourth-order valence-corrected chi connectivity index (χ4v) is 5.29. The molecule has 1 aliphatic rings. The summed E-state index contributed by atoms with van der Waals surface area (Å²) in [5.74, 6) is -1.16. The van der Waals surface area contributed by atoms with Crippen molar-refractivity contribution in [1.82, 2.24) is 4.98 Å². The summed E-state index contributed by atoms with van der Waals surface area (Å²) in [6, 6.07) is 13.4. The van der Waals surface area contributed by atoms with Gasteiger partial charge in [0.1, 0.15) is 0 Å². The quantitative estimate of drug-likeness (QED) is 0.231. The number of ketones is 2. The predicted molar refractivity (Wildman–Crippen MR) is 151 cm³/mol. The molecule has 4 rings (SSSR count). The van der Waals surface area contributed by atoms with Crippen LogP contribution in [0.25, 0.3) is 6.08 Å². The van der Waals surface area contributed by atoms with E-state index in [1.165, 1.54) is 17.9 Å². The molecule has 1 unspecified atom stereocenters. The number of carbonyl (C=O) groups is 3. The van der Waals surface area contributed by atoms with Crippen molar-refractivity contribution in [3.8, 4) is 11.5 Å². The van der Waals surface area contributed by atoms with Crippen LogP contribution in [0.1, 0.15) is 59.7 Å². The molecule has 1 atom stereocenters. The summed E-state index contributed by atoms with van der Waals surface area (Å²) in [6.07, 6.45) is 3.77. The van der Waals surface area contributed by atoms with Crippen molar-refractivity contribution in [1.29, 1.82) is 0 Å². The first-order chi connectivity index (χ1) is 18.8. The molecule has 1 aromatic heterocycles. The third-order valence-electron chi connectivity index (χ3n) is 6.06. The van der Waals surface area contributed by atoms with E-state index in [0.29, 0.717) is 40.8 Å². The number of aliphatic hydroxyl groups excluding tert-OH is 1. The minimum Gasteiger partial charge on any atom is -0.503 e. The molecule has 3 aromatic rings. The fourth-order valence-electron chi connectivity index (χ4n) is 4.30. The lowest BCUT2D eigenvalue weighted by atomic mass is 9.95. The van der Waals surface area contributed by atoms with E-state index in [9.17, 15) is 19.5 Å². The van der Waals surface area contributed by atoms with Crippen LogP contribution in [-0.4, -0.2) is 40.8 Å². The minimum atomic E-state index is -1.00. The fraction of sp³-hybridized carbons (Fsp3) is 0.267. The Hall–Kier alpha value is -4.24. The standard InChI is InChI=1S/C30H30N2O6S/c1-5-16-38-23-15-13-21(17-24(23)37-6-2)26-25(22(34)14-12-20-10-8-7-9-11-20)27(35)29(36)32(26)30-31-18(3)28(39-30)19(4)33/h7-15,17,26,35H,5-6,16H2,1-4H3. The topological polar surface area (TPSA) is 106 Å². The van der Waals surface area contributed by atoms with Gasteiger partial charge in [-0.05, 0) is 49.6 Å². The third-order valence-corrected chi connectivity index (χ3v) is 7.31. The van der Waals surface area contributed by atoms with Crippen molar-refractivity contribution in [3.05, 3.63) is 87.6 Å². The summed E-state index contributed by atoms with van der Waals surface area (Å²) in [6.45, 7) is 7.82. The Labute approximate surface area is 231 Å². The average Bonchev–Trinajstić information content (AvgIpc) is 3.44. The number of nitrogens with zero attached hydrogens (tertiary/aromatic N) is 2. The highest BCUT2D eigenvalue weighted by molar-refractivity contribution is 7.17. The highest BCUT2D eigenvalue weighted by atomic mass is 32.1. The van der Waals surface area contributed by atoms with Crippen LogP contribution in [0.5, 0.6) is 11.5 Å². The number of hydrogen-bond donors (Lipinski definition) is 1. The van der Waals surface area contributed by atoms with Crippen LogP contribution in [0.2, 0.25) is 0 Å². The normalized spacial score (nSPS) is 15.3. The van der Waals surface area contributed by atoms with Gasteiger partial charge in [-0.15, -0.1) is 0 Å². The molecule has 0 spiro atoms. The average molecular weight is 547 g/mol. The van der Waals surface area contributed by atoms with Gasteiger partial charge >= 0.3 is 0 Å². The van der Waals surface area contributed by atoms with Gasteiger partial charge in [0.15, 0.2) is 34.0 Å². The molecular formula is C30H30N2O6S. The molecule has 0 saturated heterocycles. The highest BCUT2D eigenvalue weighted by Gasteiger charge is 2.45. The van der Waals surface area contributed by atoms with E-state index >= 15 is 0 Å². The molecule has 39 heavy (non-hydrogen) atoms. The summed E-state index contributed by atoms with van der Waals surface area (Å²) < 4.78 is 11.6. The second kappa shape index (κ2) is 12.1. The molecule has 0 bridgehead atoms. The number of hydrogen-bond acceptors (Lipinski definition) is 8. The van der Waals surface area contributed by atoms with Crippen LogP contribution in [-0.2, 0) is 9.59 Å². The van der Waals surface area contributed by atoms with Gasteiger partial charge < -0.3 is 14.6 Å². The molecule has 2 heterocycles. The third kappa shape index (κ3) is 5.78. The maximum Gasteiger partial charge on any atom is 0.296 e. The molecule has 1 aliphatic heterocycles. The zero-order chi connectivity index (χ0) is 28.1. The van der Waals surface area contributed by atoms with Gasteiger partial charge in [0.25, 0.3) is 5.91 Å². The number of ether oxygens (including phenoxy) is 2. The molecule has 9 heteroatoms. The molecule has 0 saturated carbocycles. The van der Waals surface area contributed by atoms with Crippen molar-refractivity contribution in [2.75, 3.05) is 18.1 Å². The van der Waals surface area contributed by atoms with Crippen LogP contribution in [0, 0.1) is 6.92 Å². The lowest BCUT2D eigenvalue weighted by molar-refractivity contribution is -0.117. The number of aliphatic hydroxyl groups is 1. The largest absolute Gasteiger partial charge is 0.503 e. The Bertz CT molecular complexity index is 1460. The Morgan fingerprint density at radius 1 is 1.10 bits per heavy atom. The molecule has 0 fully saturated rings. The summed E-state index contributed by atoms with van der Waals surface area (Å²) >= 11 is 1.04. The molecule has 0 radical (unpaired) electrons. The zero-order valence-corrected chi connectivity index (χ0v) is 23.1. The lowest BCUT2D eigenvalue weighted by Gasteiger charge is -2.25. The van der Waals surface area contributed by atoms with Gasteiger partial charge in [-0.25, -0.2) is 4.98 Å². The highest BCUT2D eigenvalue weighted by Crippen LogP contribution is 2.45. The Kier molecular flexibility index (Phi) is 8.61. The summed E-state index contributed by atoms with van der Waals surface area (Å²) in [5, 5.41) is 11.2. The summed E-state index contributed by atoms with van der Waals surface area (Å²) in [4.78, 5) is 45.2. The van der Waals surface area contributed by atoms with Gasteiger partial charge in [0.2, 0.25) is 0 Å². The molecular weight excluding hydrogens is 516 g/mol. The van der Waals surface area contributed by atoms with E-state index < -0.39 is 23.5 Å². The molecule has 1 amide bonds. The monoisotopic (exact) mass is 546 g/mol. The number of benzene rings is 2. The van der Waals surface area contributed by atoms with Crippen molar-refractivity contribution < 1.29 is 29.0 Å². The van der Waals surface area contributed by atoms with E-state index in [0.717, 1.165) is 23.3 Å². The van der Waals surface area contributed by atoms with Crippen LogP contribution in [0.15, 0.2) is 65.9 Å². The SMILES string of the molecule is CCCOc1ccc(C2C(C(=O)C=Cc3ccccc3)=C(O)C(=O)N2c2nc(C)c(C(C)=O)s2)cc1OCC. The van der Waals surface area contributed by atoms with Gasteiger partial charge in [-0.1, -0.05) is 60.7 Å². The summed E-state index contributed by atoms with van der Waals surface area (Å²) in [5.41, 5.74) is 1.69. The molecule has 2 aromatic carbocycles. The Balaban J connectivity index is 1.84. The maximum absolute atomic E-state index is 13.5. The number of allylic oxidation sites excluding steroid dienone is 1. The first-order valence-corrected chi connectivity index (χ1v) is 13.5. The van der Waals surface area contributed by atoms with Crippen molar-refractivity contribution in [3.63, 3.8) is 0 Å². The molecule has 202 valence electrons. The Morgan fingerprint density at radius 3 is 2.49 bits per heavy atom. The number of amides is 1. The smallest absolute Gasteiger partial charge is 0.296 e. The van der Waals surface area contributed by atoms with Crippen LogP contribution >= 0.6 is 11.3 Å². The lowest BCUT2D eigenvalue weighted by Crippen LogP contribution is -2.31. The molecule has 1 N–H and O–H groups in total. The van der Waals surface area contributed by atoms with Crippen molar-refractivity contribution in [2.24, 2.45) is 0 Å². The van der Waals surface area contributed by atoms with Gasteiger partial charge in [-0.2, -0.15) is 0 Å². The summed E-state index contributed by atoms with van der Waals surface area (Å²) in [7, 11) is 0. The Morgan fingerprint density at radius 2 is 1.85 bits per heavy atom. The van der Waals surface area contributed by atoms with Gasteiger partial charge in [0, 0.05) is 6.92 Å². The van der Waals surface area contributed by atoms with E-state index in [-0.39, 0.29) is 16.5 Å². The number of aromatic nitrogens is 1. The zero-order valence-electron chi connectivity index (χ0n) is 22.3. The van der Waals surface area contributed by atoms with Crippen molar-refractivity contribution in [2.45, 2.75) is 40.2 Å². The van der Waals surface area contributed by atoms with Gasteiger partial charge in [0.05, 0.1) is 35.4 Å². The number of Topliss-reactive ketones (excluding diaryl/α,β-unsaturated/α-hetero) is 1. The predicted octanol–water partition coefficient (Wildman–Crippen LogP) is 6.02. The second-order valence-electron chi connectivity index (χ2n) is 8.90. The van der Waals surface area contributed by atoms with Crippen LogP contribution < -0.4 is 14.4 Å². The maximum atomic E-state index is 13.5.